The number of hydrogen-bond acceptors (Lipinski definition) is 6. The van der Waals surface area contributed by atoms with Crippen molar-refractivity contribution in [1.29, 1.82) is 5.41 Å². The van der Waals surface area contributed by atoms with E-state index in [9.17, 15) is 19.4 Å². The molecule has 9 heteroatoms. The van der Waals surface area contributed by atoms with Gasteiger partial charge in [0.05, 0.1) is 12.6 Å². The Morgan fingerprint density at radius 2 is 1.85 bits per heavy atom. The van der Waals surface area contributed by atoms with Crippen LogP contribution in [0.25, 0.3) is 0 Å². The topological polar surface area (TPSA) is 157 Å². The first-order valence-electron chi connectivity index (χ1n) is 6.16. The van der Waals surface area contributed by atoms with Gasteiger partial charge in [0.15, 0.2) is 0 Å². The van der Waals surface area contributed by atoms with E-state index in [0.29, 0.717) is 6.42 Å². The van der Waals surface area contributed by atoms with Crippen molar-refractivity contribution in [3.05, 3.63) is 0 Å². The molecule has 0 heterocycles. The van der Waals surface area contributed by atoms with Crippen LogP contribution in [0.2, 0.25) is 0 Å². The van der Waals surface area contributed by atoms with Crippen LogP contribution in [0.15, 0.2) is 0 Å². The van der Waals surface area contributed by atoms with E-state index < -0.39 is 43.3 Å². The van der Waals surface area contributed by atoms with E-state index in [1.807, 2.05) is 13.8 Å². The molecule has 1 unspecified atom stereocenters. The molecule has 0 aromatic heterocycles. The molecule has 0 aliphatic rings. The Bertz CT molecular complexity index is 386. The van der Waals surface area contributed by atoms with Gasteiger partial charge in [-0.25, -0.2) is 14.6 Å². The number of aliphatic carboxylic acids is 1. The molecule has 0 aromatic carbocycles. The van der Waals surface area contributed by atoms with Gasteiger partial charge in [0.25, 0.3) is 0 Å². The second-order valence-corrected chi connectivity index (χ2v) is 7.66. The monoisotopic (exact) mass is 308 g/mol. The molecule has 0 aliphatic carbocycles. The van der Waals surface area contributed by atoms with Crippen molar-refractivity contribution >= 4 is 25.0 Å². The van der Waals surface area contributed by atoms with E-state index in [4.69, 9.17) is 16.2 Å². The molecular formula is C11H23N3O5P+. The minimum absolute atomic E-state index is 0.206. The molecule has 1 amide bonds. The number of nitrogens with one attached hydrogen (secondary N) is 2. The Hall–Kier alpha value is -1.08. The number of amides is 1. The molecule has 0 saturated carbocycles. The number of carbonyl (C=O) groups is 2. The molecule has 8 nitrogen and oxygen atoms in total. The molecule has 0 bridgehead atoms. The summed E-state index contributed by atoms with van der Waals surface area (Å²) in [5, 5.41) is 18.5. The fourth-order valence-electron chi connectivity index (χ4n) is 1.55. The van der Waals surface area contributed by atoms with Crippen molar-refractivity contribution in [1.82, 2.24) is 5.32 Å². The highest BCUT2D eigenvalue weighted by atomic mass is 31.2. The van der Waals surface area contributed by atoms with Crippen LogP contribution in [-0.4, -0.2) is 50.5 Å². The number of carboxylic acids is 1. The van der Waals surface area contributed by atoms with Crippen LogP contribution in [-0.2, 0) is 9.59 Å². The summed E-state index contributed by atoms with van der Waals surface area (Å²) >= 11 is 0. The van der Waals surface area contributed by atoms with Crippen molar-refractivity contribution in [2.75, 3.05) is 6.54 Å². The smallest absolute Gasteiger partial charge is 0.352 e. The van der Waals surface area contributed by atoms with Crippen LogP contribution in [0.1, 0.15) is 27.2 Å². The van der Waals surface area contributed by atoms with Crippen molar-refractivity contribution in [3.8, 4) is 0 Å². The molecule has 0 fully saturated rings. The maximum Gasteiger partial charge on any atom is 0.352 e. The van der Waals surface area contributed by atoms with Crippen molar-refractivity contribution in [2.45, 2.75) is 38.9 Å². The normalized spacial score (nSPS) is 14.8. The molecule has 20 heavy (non-hydrogen) atoms. The van der Waals surface area contributed by atoms with Gasteiger partial charge in [0.1, 0.15) is 0 Å². The lowest BCUT2D eigenvalue weighted by Gasteiger charge is -2.20. The highest BCUT2D eigenvalue weighted by Gasteiger charge is 2.52. The molecule has 0 aromatic rings. The van der Waals surface area contributed by atoms with Crippen molar-refractivity contribution < 1.29 is 24.5 Å². The second kappa shape index (κ2) is 7.64. The van der Waals surface area contributed by atoms with E-state index >= 15 is 0 Å². The van der Waals surface area contributed by atoms with E-state index in [-0.39, 0.29) is 5.92 Å². The van der Waals surface area contributed by atoms with Crippen LogP contribution < -0.4 is 11.1 Å². The third-order valence-corrected chi connectivity index (χ3v) is 5.01. The summed E-state index contributed by atoms with van der Waals surface area (Å²) in [6, 6.07) is -0.782. The van der Waals surface area contributed by atoms with Gasteiger partial charge >= 0.3 is 13.7 Å². The Kier molecular flexibility index (Phi) is 7.22. The first-order chi connectivity index (χ1) is 9.00. The zero-order chi connectivity index (χ0) is 16.1. The maximum absolute atomic E-state index is 11.7. The molecule has 0 rings (SSSR count). The minimum atomic E-state index is -4.07. The fourth-order valence-corrected chi connectivity index (χ4v) is 2.67. The van der Waals surface area contributed by atoms with E-state index in [2.05, 4.69) is 5.32 Å². The Labute approximate surface area is 118 Å². The van der Waals surface area contributed by atoms with Gasteiger partial charge in [0, 0.05) is 6.92 Å². The third kappa shape index (κ3) is 5.50. The minimum Gasteiger partial charge on any atom is -0.478 e. The highest BCUT2D eigenvalue weighted by Crippen LogP contribution is 2.55. The van der Waals surface area contributed by atoms with Gasteiger partial charge in [-0.05, 0) is 12.3 Å². The van der Waals surface area contributed by atoms with Crippen LogP contribution in [0.5, 0.6) is 0 Å². The summed E-state index contributed by atoms with van der Waals surface area (Å²) < 4.78 is 0. The van der Waals surface area contributed by atoms with Gasteiger partial charge in [-0.3, -0.25) is 10.2 Å². The average Bonchev–Trinajstić information content (AvgIpc) is 2.26. The number of hydrogen-bond donors (Lipinski definition) is 6. The summed E-state index contributed by atoms with van der Waals surface area (Å²) in [5.41, 5.74) is 3.49. The number of nitrogens with two attached hydrogens (primary N) is 1. The van der Waals surface area contributed by atoms with Crippen LogP contribution in [0.4, 0.5) is 0 Å². The molecule has 0 saturated heterocycles. The predicted molar refractivity (Wildman–Crippen MR) is 76.6 cm³/mol. The van der Waals surface area contributed by atoms with E-state index in [1.54, 1.807) is 0 Å². The summed E-state index contributed by atoms with van der Waals surface area (Å²) in [6.45, 7) is 4.43. The first kappa shape index (κ1) is 18.9. The third-order valence-electron chi connectivity index (χ3n) is 2.75. The Balaban J connectivity index is 4.70. The molecular weight excluding hydrogens is 285 g/mol. The van der Waals surface area contributed by atoms with Gasteiger partial charge in [-0.1, -0.05) is 13.8 Å². The standard InChI is InChI=1S/C11H22N3O5P/c1-6(2)4-8(13)10(15)14-5-9(11(16)17)20(18,19)7(3)12/h6,8-9,12,18-19H,4-5,13H2,1-3H3,(H-,14,15,16,17)/p+1/t8-,9?/m0/s1. The molecule has 0 spiro atoms. The summed E-state index contributed by atoms with van der Waals surface area (Å²) in [5.74, 6) is -1.82. The highest BCUT2D eigenvalue weighted by molar-refractivity contribution is 7.82. The largest absolute Gasteiger partial charge is 0.478 e. The molecule has 2 atom stereocenters. The summed E-state index contributed by atoms with van der Waals surface area (Å²) in [7, 11) is -4.07. The molecule has 116 valence electrons. The van der Waals surface area contributed by atoms with Gasteiger partial charge in [0.2, 0.25) is 17.0 Å². The second-order valence-electron chi connectivity index (χ2n) is 5.07. The van der Waals surface area contributed by atoms with Crippen molar-refractivity contribution in [3.63, 3.8) is 0 Å². The SMILES string of the molecule is CC(=N)[P+](O)(O)C(CNC(=O)[C@@H](N)CC(C)C)C(=O)O. The predicted octanol–water partition coefficient (Wildman–Crippen LogP) is -0.241. The quantitative estimate of drug-likeness (QED) is 0.268. The summed E-state index contributed by atoms with van der Waals surface area (Å²) in [6.07, 6.45) is 0.436. The molecule has 0 aliphatic heterocycles. The van der Waals surface area contributed by atoms with Gasteiger partial charge in [-0.15, -0.1) is 0 Å². The average molecular weight is 308 g/mol. The lowest BCUT2D eigenvalue weighted by molar-refractivity contribution is -0.136. The zero-order valence-corrected chi connectivity index (χ0v) is 12.7. The van der Waals surface area contributed by atoms with Crippen LogP contribution in [0, 0.1) is 11.3 Å². The van der Waals surface area contributed by atoms with Gasteiger partial charge in [-0.2, -0.15) is 0 Å². The Morgan fingerprint density at radius 3 is 2.20 bits per heavy atom. The lowest BCUT2D eigenvalue weighted by Crippen LogP contribution is -2.46. The van der Waals surface area contributed by atoms with Crippen LogP contribution in [0.3, 0.4) is 0 Å². The fraction of sp³-hybridized carbons (Fsp3) is 0.727. The van der Waals surface area contributed by atoms with Crippen molar-refractivity contribution in [2.24, 2.45) is 11.7 Å². The number of carboxylic acid groups (broad SMARTS) is 1. The van der Waals surface area contributed by atoms with E-state index in [1.165, 1.54) is 0 Å². The van der Waals surface area contributed by atoms with E-state index in [0.717, 1.165) is 6.92 Å². The lowest BCUT2D eigenvalue weighted by atomic mass is 10.0. The number of rotatable bonds is 8. The zero-order valence-electron chi connectivity index (χ0n) is 11.8. The first-order valence-corrected chi connectivity index (χ1v) is 7.92. The summed E-state index contributed by atoms with van der Waals surface area (Å²) in [4.78, 5) is 42.1. The Morgan fingerprint density at radius 1 is 1.35 bits per heavy atom. The van der Waals surface area contributed by atoms with Gasteiger partial charge < -0.3 is 16.2 Å². The number of carbonyl (C=O) groups excluding carboxylic acids is 1. The maximum atomic E-state index is 11.7. The molecule has 7 N–H and O–H groups in total. The molecule has 0 radical (unpaired) electrons. The van der Waals surface area contributed by atoms with Crippen LogP contribution >= 0.6 is 7.72 Å².